The number of hydrogen-bond acceptors (Lipinski definition) is 2. The highest BCUT2D eigenvalue weighted by Gasteiger charge is 1.75. The van der Waals surface area contributed by atoms with E-state index < -0.39 is 0 Å². The molecular formula is C3H6OS2. The van der Waals surface area contributed by atoms with Crippen molar-refractivity contribution in [1.29, 1.82) is 0 Å². The van der Waals surface area contributed by atoms with Crippen LogP contribution in [-0.4, -0.2) is 18.3 Å². The van der Waals surface area contributed by atoms with E-state index in [0.717, 1.165) is 6.29 Å². The zero-order valence-electron chi connectivity index (χ0n) is 3.51. The summed E-state index contributed by atoms with van der Waals surface area (Å²) >= 11 is 4.67. The molecule has 36 valence electrons. The monoisotopic (exact) mass is 122 g/mol. The molecule has 0 spiro atoms. The first kappa shape index (κ1) is 6.24. The third-order valence-electron chi connectivity index (χ3n) is 0.303. The maximum absolute atomic E-state index is 9.56. The smallest absolute Gasteiger partial charge is 0.130 e. The van der Waals surface area contributed by atoms with Gasteiger partial charge in [0.1, 0.15) is 6.29 Å². The highest BCUT2D eigenvalue weighted by molar-refractivity contribution is 8.28. The molecule has 1 atom stereocenters. The molecule has 3 heteroatoms. The summed E-state index contributed by atoms with van der Waals surface area (Å²) in [5.74, 6) is 0.537. The van der Waals surface area contributed by atoms with Crippen molar-refractivity contribution in [3.8, 4) is 0 Å². The fourth-order valence-electron chi connectivity index (χ4n) is 0.0958. The van der Waals surface area contributed by atoms with E-state index in [9.17, 15) is 4.79 Å². The average Bonchev–Trinajstić information content (AvgIpc) is 1.35. The lowest BCUT2D eigenvalue weighted by Gasteiger charge is -1.79. The number of rotatable bonds is 2. The normalized spacial score (nSPS) is 13.5. The minimum absolute atomic E-state index is 0.100. The van der Waals surface area contributed by atoms with Gasteiger partial charge in [0.2, 0.25) is 0 Å². The second-order valence-corrected chi connectivity index (χ2v) is 4.09. The molecule has 0 rings (SSSR count). The molecule has 1 nitrogen and oxygen atoms in total. The fraction of sp³-hybridized carbons (Fsp3) is 0.667. The first-order valence-corrected chi connectivity index (χ1v) is 4.23. The van der Waals surface area contributed by atoms with Crippen molar-refractivity contribution in [2.75, 3.05) is 12.0 Å². The molecule has 0 saturated heterocycles. The molecular weight excluding hydrogens is 116 g/mol. The van der Waals surface area contributed by atoms with E-state index in [1.54, 1.807) is 0 Å². The molecule has 0 aromatic rings. The van der Waals surface area contributed by atoms with Gasteiger partial charge >= 0.3 is 0 Å². The SMILES string of the molecule is CS(=S)CC=O. The quantitative estimate of drug-likeness (QED) is 0.476. The van der Waals surface area contributed by atoms with Gasteiger partial charge in [-0.05, 0) is 6.26 Å². The second-order valence-electron chi connectivity index (χ2n) is 0.907. The zero-order chi connectivity index (χ0) is 4.99. The van der Waals surface area contributed by atoms with Gasteiger partial charge in [-0.25, -0.2) is 0 Å². The summed E-state index contributed by atoms with van der Waals surface area (Å²) in [7, 11) is -0.100. The minimum atomic E-state index is -0.100. The van der Waals surface area contributed by atoms with Gasteiger partial charge < -0.3 is 4.79 Å². The molecule has 0 aromatic heterocycles. The summed E-state index contributed by atoms with van der Waals surface area (Å²) in [6, 6.07) is 0. The molecule has 6 heavy (non-hydrogen) atoms. The van der Waals surface area contributed by atoms with Crippen LogP contribution in [0.25, 0.3) is 0 Å². The zero-order valence-corrected chi connectivity index (χ0v) is 5.14. The Morgan fingerprint density at radius 1 is 2.00 bits per heavy atom. The Kier molecular flexibility index (Phi) is 3.57. The van der Waals surface area contributed by atoms with Gasteiger partial charge in [0, 0.05) is 0 Å². The van der Waals surface area contributed by atoms with E-state index in [4.69, 9.17) is 0 Å². The third-order valence-corrected chi connectivity index (χ3v) is 1.32. The number of hydrogen-bond donors (Lipinski definition) is 0. The van der Waals surface area contributed by atoms with Crippen LogP contribution in [0.3, 0.4) is 0 Å². The van der Waals surface area contributed by atoms with Gasteiger partial charge in [0.05, 0.1) is 5.75 Å². The standard InChI is InChI=1S/C3H6OS2/c1-6(5)3-2-4/h2H,3H2,1H3. The van der Waals surface area contributed by atoms with Crippen LogP contribution in [0.2, 0.25) is 0 Å². The van der Waals surface area contributed by atoms with Crippen molar-refractivity contribution in [2.45, 2.75) is 0 Å². The number of carbonyl (C=O) groups is 1. The van der Waals surface area contributed by atoms with Gasteiger partial charge in [-0.1, -0.05) is 11.2 Å². The molecule has 0 radical (unpaired) electrons. The molecule has 0 fully saturated rings. The molecule has 0 aliphatic heterocycles. The molecule has 0 saturated carbocycles. The summed E-state index contributed by atoms with van der Waals surface area (Å²) in [6.07, 6.45) is 2.72. The lowest BCUT2D eigenvalue weighted by molar-refractivity contribution is -0.105. The van der Waals surface area contributed by atoms with E-state index in [0.29, 0.717) is 5.75 Å². The molecule has 0 aliphatic carbocycles. The summed E-state index contributed by atoms with van der Waals surface area (Å²) in [5.41, 5.74) is 0. The van der Waals surface area contributed by atoms with Gasteiger partial charge in [-0.15, -0.1) is 9.45 Å². The first-order valence-electron chi connectivity index (χ1n) is 1.51. The van der Waals surface area contributed by atoms with Crippen LogP contribution < -0.4 is 0 Å². The van der Waals surface area contributed by atoms with Crippen LogP contribution in [0.1, 0.15) is 0 Å². The lowest BCUT2D eigenvalue weighted by Crippen LogP contribution is -1.90. The van der Waals surface area contributed by atoms with Crippen LogP contribution >= 0.6 is 0 Å². The number of carbonyl (C=O) groups excluding carboxylic acids is 1. The Morgan fingerprint density at radius 2 is 2.50 bits per heavy atom. The Balaban J connectivity index is 3.05. The maximum atomic E-state index is 9.56. The van der Waals surface area contributed by atoms with Gasteiger partial charge in [-0.3, -0.25) is 0 Å². The van der Waals surface area contributed by atoms with Crippen LogP contribution in [0.4, 0.5) is 0 Å². The highest BCUT2D eigenvalue weighted by Crippen LogP contribution is 1.65. The Hall–Kier alpha value is 0.240. The summed E-state index contributed by atoms with van der Waals surface area (Å²) in [5, 5.41) is 0. The van der Waals surface area contributed by atoms with Crippen LogP contribution in [0.5, 0.6) is 0 Å². The molecule has 1 unspecified atom stereocenters. The molecule has 0 aromatic carbocycles. The summed E-state index contributed by atoms with van der Waals surface area (Å²) in [4.78, 5) is 9.56. The van der Waals surface area contributed by atoms with Crippen LogP contribution in [-0.2, 0) is 25.4 Å². The fourth-order valence-corrected chi connectivity index (χ4v) is 0.454. The predicted octanol–water partition coefficient (Wildman–Crippen LogP) is -0.105. The predicted molar refractivity (Wildman–Crippen MR) is 31.6 cm³/mol. The molecule has 0 amide bonds. The first-order chi connectivity index (χ1) is 2.77. The largest absolute Gasteiger partial charge is 0.302 e. The van der Waals surface area contributed by atoms with E-state index in [1.165, 1.54) is 0 Å². The van der Waals surface area contributed by atoms with Crippen molar-refractivity contribution in [3.63, 3.8) is 0 Å². The van der Waals surface area contributed by atoms with Crippen molar-refractivity contribution < 1.29 is 4.79 Å². The number of aldehydes is 1. The second kappa shape index (κ2) is 3.43. The molecule has 0 heterocycles. The Morgan fingerprint density at radius 3 is 2.50 bits per heavy atom. The van der Waals surface area contributed by atoms with Gasteiger partial charge in [-0.2, -0.15) is 0 Å². The van der Waals surface area contributed by atoms with Crippen LogP contribution in [0.15, 0.2) is 0 Å². The topological polar surface area (TPSA) is 17.1 Å². The minimum Gasteiger partial charge on any atom is -0.302 e. The van der Waals surface area contributed by atoms with E-state index >= 15 is 0 Å². The van der Waals surface area contributed by atoms with E-state index in [-0.39, 0.29) is 9.45 Å². The van der Waals surface area contributed by atoms with Gasteiger partial charge in [0.15, 0.2) is 0 Å². The van der Waals surface area contributed by atoms with E-state index in [1.807, 2.05) is 6.26 Å². The summed E-state index contributed by atoms with van der Waals surface area (Å²) in [6.45, 7) is 0. The van der Waals surface area contributed by atoms with Crippen LogP contribution in [0, 0.1) is 0 Å². The van der Waals surface area contributed by atoms with Crippen molar-refractivity contribution in [3.05, 3.63) is 0 Å². The molecule has 0 aliphatic rings. The van der Waals surface area contributed by atoms with Crippen molar-refractivity contribution >= 4 is 26.9 Å². The molecule has 0 N–H and O–H groups in total. The Labute approximate surface area is 44.3 Å². The maximum Gasteiger partial charge on any atom is 0.130 e. The van der Waals surface area contributed by atoms with Crippen molar-refractivity contribution in [2.24, 2.45) is 0 Å². The molecule has 0 bridgehead atoms. The van der Waals surface area contributed by atoms with Crippen molar-refractivity contribution in [1.82, 2.24) is 0 Å². The van der Waals surface area contributed by atoms with Gasteiger partial charge in [0.25, 0.3) is 0 Å². The Bertz CT molecular complexity index is 69.2. The average molecular weight is 122 g/mol. The highest BCUT2D eigenvalue weighted by atomic mass is 32.8. The lowest BCUT2D eigenvalue weighted by atomic mass is 10.9. The van der Waals surface area contributed by atoms with E-state index in [2.05, 4.69) is 11.2 Å². The third kappa shape index (κ3) is 4.24. The summed E-state index contributed by atoms with van der Waals surface area (Å²) < 4.78 is 0.